The summed E-state index contributed by atoms with van der Waals surface area (Å²) in [6.45, 7) is 6.57. The van der Waals surface area contributed by atoms with Crippen molar-refractivity contribution < 1.29 is 26.4 Å². The van der Waals surface area contributed by atoms with Crippen molar-refractivity contribution in [3.8, 4) is 0 Å². The van der Waals surface area contributed by atoms with E-state index in [1.807, 2.05) is 20.8 Å². The van der Waals surface area contributed by atoms with E-state index in [4.69, 9.17) is 4.74 Å². The molecule has 9 nitrogen and oxygen atoms in total. The first-order chi connectivity index (χ1) is 17.5. The summed E-state index contributed by atoms with van der Waals surface area (Å²) in [5, 5.41) is 3.01. The molecule has 2 aromatic carbocycles. The molecular formula is C26H35N3O6S2. The summed E-state index contributed by atoms with van der Waals surface area (Å²) in [5.74, 6) is -0.278. The van der Waals surface area contributed by atoms with Crippen LogP contribution in [0.15, 0.2) is 58.3 Å². The van der Waals surface area contributed by atoms with Gasteiger partial charge in [-0.2, -0.15) is 8.61 Å². The van der Waals surface area contributed by atoms with Crippen molar-refractivity contribution in [1.29, 1.82) is 0 Å². The molecule has 202 valence electrons. The van der Waals surface area contributed by atoms with Gasteiger partial charge in [-0.1, -0.05) is 18.6 Å². The van der Waals surface area contributed by atoms with E-state index < -0.39 is 20.0 Å². The first kappa shape index (κ1) is 27.7. The summed E-state index contributed by atoms with van der Waals surface area (Å²) < 4.78 is 61.0. The lowest BCUT2D eigenvalue weighted by Crippen LogP contribution is -2.48. The van der Waals surface area contributed by atoms with E-state index in [0.29, 0.717) is 12.2 Å². The van der Waals surface area contributed by atoms with Gasteiger partial charge in [0.1, 0.15) is 0 Å². The van der Waals surface area contributed by atoms with Crippen molar-refractivity contribution in [3.63, 3.8) is 0 Å². The summed E-state index contributed by atoms with van der Waals surface area (Å²) in [4.78, 5) is 13.1. The fourth-order valence-electron chi connectivity index (χ4n) is 4.90. The van der Waals surface area contributed by atoms with Gasteiger partial charge >= 0.3 is 0 Å². The molecule has 0 spiro atoms. The Labute approximate surface area is 219 Å². The molecule has 0 aliphatic carbocycles. The van der Waals surface area contributed by atoms with Crippen LogP contribution in [0.5, 0.6) is 0 Å². The van der Waals surface area contributed by atoms with Gasteiger partial charge in [0.2, 0.25) is 20.0 Å². The lowest BCUT2D eigenvalue weighted by Gasteiger charge is -2.34. The fraction of sp³-hybridized carbons (Fsp3) is 0.500. The van der Waals surface area contributed by atoms with Gasteiger partial charge in [-0.25, -0.2) is 16.8 Å². The highest BCUT2D eigenvalue weighted by molar-refractivity contribution is 7.89. The minimum Gasteiger partial charge on any atom is -0.378 e. The van der Waals surface area contributed by atoms with Gasteiger partial charge in [-0.3, -0.25) is 4.79 Å². The molecule has 4 rings (SSSR count). The van der Waals surface area contributed by atoms with Crippen LogP contribution >= 0.6 is 0 Å². The summed E-state index contributed by atoms with van der Waals surface area (Å²) in [6.07, 6.45) is 2.33. The monoisotopic (exact) mass is 549 g/mol. The molecule has 2 fully saturated rings. The number of nitrogens with one attached hydrogen (secondary N) is 1. The highest BCUT2D eigenvalue weighted by atomic mass is 32.2. The Balaban J connectivity index is 1.41. The Morgan fingerprint density at radius 1 is 0.919 bits per heavy atom. The molecule has 0 saturated carbocycles. The average Bonchev–Trinajstić information content (AvgIpc) is 2.87. The van der Waals surface area contributed by atoms with Crippen LogP contribution in [0, 0.1) is 0 Å². The molecule has 0 radical (unpaired) electrons. The Kier molecular flexibility index (Phi) is 8.39. The van der Waals surface area contributed by atoms with Crippen molar-refractivity contribution in [2.45, 2.75) is 68.1 Å². The molecule has 11 heteroatoms. The number of rotatable bonds is 8. The Morgan fingerprint density at radius 3 is 2.24 bits per heavy atom. The van der Waals surface area contributed by atoms with Crippen LogP contribution in [-0.2, 0) is 24.8 Å². The molecule has 37 heavy (non-hydrogen) atoms. The van der Waals surface area contributed by atoms with E-state index in [1.54, 1.807) is 40.7 Å². The van der Waals surface area contributed by atoms with Gasteiger partial charge < -0.3 is 10.1 Å². The van der Waals surface area contributed by atoms with Gasteiger partial charge in [-0.05, 0) is 70.0 Å². The Bertz CT molecular complexity index is 1320. The van der Waals surface area contributed by atoms with Gasteiger partial charge in [0.15, 0.2) is 5.78 Å². The van der Waals surface area contributed by atoms with Gasteiger partial charge in [0.05, 0.1) is 28.5 Å². The van der Waals surface area contributed by atoms with Crippen LogP contribution in [0.25, 0.3) is 0 Å². The molecule has 2 aliphatic heterocycles. The van der Waals surface area contributed by atoms with Crippen molar-refractivity contribution in [2.24, 2.45) is 0 Å². The summed E-state index contributed by atoms with van der Waals surface area (Å²) in [6, 6.07) is 12.4. The maximum absolute atomic E-state index is 13.2. The highest BCUT2D eigenvalue weighted by Crippen LogP contribution is 2.26. The minimum atomic E-state index is -3.76. The molecule has 2 heterocycles. The minimum absolute atomic E-state index is 0.0243. The number of piperidine rings is 1. The quantitative estimate of drug-likeness (QED) is 0.503. The number of carbonyl (C=O) groups is 1. The molecule has 3 unspecified atom stereocenters. The fourth-order valence-corrected chi connectivity index (χ4v) is 8.24. The lowest BCUT2D eigenvalue weighted by molar-refractivity contribution is -0.0440. The van der Waals surface area contributed by atoms with Crippen LogP contribution in [0.3, 0.4) is 0 Å². The van der Waals surface area contributed by atoms with Crippen LogP contribution in [0.4, 0.5) is 5.69 Å². The summed E-state index contributed by atoms with van der Waals surface area (Å²) in [7, 11) is -7.33. The Hall–Kier alpha value is -2.31. The van der Waals surface area contributed by atoms with E-state index in [-0.39, 0.29) is 59.0 Å². The number of hydrogen-bond donors (Lipinski definition) is 1. The second kappa shape index (κ2) is 11.2. The smallest absolute Gasteiger partial charge is 0.243 e. The zero-order valence-electron chi connectivity index (χ0n) is 21.5. The van der Waals surface area contributed by atoms with Crippen molar-refractivity contribution in [3.05, 3.63) is 54.1 Å². The largest absolute Gasteiger partial charge is 0.378 e. The average molecular weight is 550 g/mol. The van der Waals surface area contributed by atoms with E-state index in [9.17, 15) is 21.6 Å². The van der Waals surface area contributed by atoms with E-state index >= 15 is 0 Å². The number of sulfonamides is 2. The topological polar surface area (TPSA) is 113 Å². The van der Waals surface area contributed by atoms with E-state index in [2.05, 4.69) is 5.32 Å². The molecule has 3 atom stereocenters. The summed E-state index contributed by atoms with van der Waals surface area (Å²) in [5.41, 5.74) is 0.875. The third-order valence-electron chi connectivity index (χ3n) is 6.84. The van der Waals surface area contributed by atoms with Gasteiger partial charge in [0.25, 0.3) is 0 Å². The molecule has 2 saturated heterocycles. The molecule has 1 N–H and O–H groups in total. The number of Topliss-reactive ketones (excluding diaryl/α,β-unsaturated/α-hetero) is 1. The number of nitrogens with zero attached hydrogens (tertiary/aromatic N) is 2. The number of anilines is 1. The zero-order chi connectivity index (χ0) is 26.8. The third-order valence-corrected chi connectivity index (χ3v) is 10.7. The first-order valence-electron chi connectivity index (χ1n) is 12.6. The number of ether oxygens (including phenoxy) is 1. The van der Waals surface area contributed by atoms with Crippen molar-refractivity contribution in [1.82, 2.24) is 8.61 Å². The molecule has 2 aliphatic rings. The van der Waals surface area contributed by atoms with Gasteiger partial charge in [0, 0.05) is 36.9 Å². The second-order valence-corrected chi connectivity index (χ2v) is 13.7. The number of hydrogen-bond acceptors (Lipinski definition) is 7. The molecule has 0 aromatic heterocycles. The van der Waals surface area contributed by atoms with E-state index in [1.165, 1.54) is 16.4 Å². The molecule has 2 aromatic rings. The molecule has 0 amide bonds. The SMILES string of the molecule is CC1CN(S(=O)(=O)c2cccc(C(=O)CNc3ccc(S(=O)(=O)N4CCCCC4C)cc3)c2)CC(C)O1. The summed E-state index contributed by atoms with van der Waals surface area (Å²) >= 11 is 0. The predicted molar refractivity (Wildman–Crippen MR) is 142 cm³/mol. The second-order valence-electron chi connectivity index (χ2n) is 9.87. The number of ketones is 1. The highest BCUT2D eigenvalue weighted by Gasteiger charge is 2.33. The Morgan fingerprint density at radius 2 is 1.59 bits per heavy atom. The maximum Gasteiger partial charge on any atom is 0.243 e. The zero-order valence-corrected chi connectivity index (χ0v) is 23.1. The molecule has 0 bridgehead atoms. The first-order valence-corrected chi connectivity index (χ1v) is 15.5. The van der Waals surface area contributed by atoms with Crippen LogP contribution < -0.4 is 5.32 Å². The lowest BCUT2D eigenvalue weighted by atomic mass is 10.1. The number of morpholine rings is 1. The predicted octanol–water partition coefficient (Wildman–Crippen LogP) is 3.34. The van der Waals surface area contributed by atoms with Crippen LogP contribution in [-0.4, -0.2) is 75.7 Å². The van der Waals surface area contributed by atoms with Gasteiger partial charge in [-0.15, -0.1) is 0 Å². The van der Waals surface area contributed by atoms with Crippen LogP contribution in [0.2, 0.25) is 0 Å². The third kappa shape index (κ3) is 6.23. The van der Waals surface area contributed by atoms with Crippen molar-refractivity contribution >= 4 is 31.5 Å². The van der Waals surface area contributed by atoms with Crippen LogP contribution in [0.1, 0.15) is 50.4 Å². The standard InChI is InChI=1S/C26H35N3O6S2/c1-19-7-4-5-14-29(19)37(33,34)24-12-10-23(11-13-24)27-16-26(30)22-8-6-9-25(15-22)36(31,32)28-17-20(2)35-21(3)18-28/h6,8-13,15,19-21,27H,4-5,7,14,16-18H2,1-3H3. The van der Waals surface area contributed by atoms with Crippen molar-refractivity contribution in [2.75, 3.05) is 31.5 Å². The normalized spacial score (nSPS) is 24.0. The number of carbonyl (C=O) groups excluding carboxylic acids is 1. The molecular weight excluding hydrogens is 514 g/mol. The number of benzene rings is 2. The van der Waals surface area contributed by atoms with E-state index in [0.717, 1.165) is 19.3 Å². The maximum atomic E-state index is 13.2.